The number of hydrogen-bond donors (Lipinski definition) is 1. The van der Waals surface area contributed by atoms with Crippen molar-refractivity contribution in [3.8, 4) is 11.8 Å². The Hall–Kier alpha value is -1.17. The molecule has 1 unspecified atom stereocenters. The van der Waals surface area contributed by atoms with Gasteiger partial charge in [-0.1, -0.05) is 39.5 Å². The number of aliphatic hydroxyl groups excluding tert-OH is 1. The summed E-state index contributed by atoms with van der Waals surface area (Å²) in [6.07, 6.45) is 6.36. The minimum Gasteiger partial charge on any atom is -0.463 e. The molecule has 31 heavy (non-hydrogen) atoms. The molecule has 178 valence electrons. The second kappa shape index (κ2) is 12.8. The number of carbonyl (C=O) groups excluding carboxylic acids is 1. The van der Waals surface area contributed by atoms with Gasteiger partial charge in [0.1, 0.15) is 6.10 Å². The van der Waals surface area contributed by atoms with E-state index < -0.39 is 26.2 Å². The lowest BCUT2D eigenvalue weighted by atomic mass is 10.0. The molecular weight excluding hydrogens is 412 g/mol. The number of unbranched alkanes of at least 4 members (excludes halogenated alkanes) is 2. The second-order valence-corrected chi connectivity index (χ2v) is 14.3. The number of aliphatic hydroxyl groups is 1. The molecule has 1 aliphatic rings. The molecule has 0 saturated carbocycles. The zero-order chi connectivity index (χ0) is 23.5. The summed E-state index contributed by atoms with van der Waals surface area (Å²) in [6.45, 7) is 16.5. The second-order valence-electron chi connectivity index (χ2n) is 9.56. The molecule has 0 aromatic carbocycles. The zero-order valence-corrected chi connectivity index (χ0v) is 21.5. The summed E-state index contributed by atoms with van der Waals surface area (Å²) in [6, 6.07) is 0. The zero-order valence-electron chi connectivity index (χ0n) is 20.5. The number of rotatable bonds is 11. The molecule has 1 heterocycles. The average molecular weight is 455 g/mol. The van der Waals surface area contributed by atoms with E-state index in [0.29, 0.717) is 19.6 Å². The molecule has 1 aliphatic heterocycles. The Morgan fingerprint density at radius 1 is 1.23 bits per heavy atom. The van der Waals surface area contributed by atoms with Crippen LogP contribution in [0.5, 0.6) is 0 Å². The standard InChI is InChI=1S/C24H42O6Si/c1-8-27-22(26)14-13-21(25)15-17-24(28-18-19-29-24)16-11-9-10-12-20(2)30-31(6,7)23(3,4)5/h13-14,20-21,25H,8-12,16,18-19H2,1-7H3/b14-13+/t20-,21?/m0/s1. The van der Waals surface area contributed by atoms with Gasteiger partial charge in [0.25, 0.3) is 0 Å². The summed E-state index contributed by atoms with van der Waals surface area (Å²) in [5, 5.41) is 10.2. The molecule has 0 spiro atoms. The predicted molar refractivity (Wildman–Crippen MR) is 125 cm³/mol. The van der Waals surface area contributed by atoms with E-state index in [1.54, 1.807) is 6.92 Å². The third-order valence-electron chi connectivity index (χ3n) is 5.78. The lowest BCUT2D eigenvalue weighted by molar-refractivity contribution is -0.137. The number of carbonyl (C=O) groups is 1. The van der Waals surface area contributed by atoms with Gasteiger partial charge in [0, 0.05) is 18.6 Å². The van der Waals surface area contributed by atoms with Crippen molar-refractivity contribution < 1.29 is 28.5 Å². The smallest absolute Gasteiger partial charge is 0.330 e. The van der Waals surface area contributed by atoms with Crippen molar-refractivity contribution in [1.29, 1.82) is 0 Å². The Bertz CT molecular complexity index is 635. The summed E-state index contributed by atoms with van der Waals surface area (Å²) < 4.78 is 22.7. The molecule has 1 N–H and O–H groups in total. The first-order valence-corrected chi connectivity index (χ1v) is 14.3. The Balaban J connectivity index is 2.45. The van der Waals surface area contributed by atoms with Crippen molar-refractivity contribution in [1.82, 2.24) is 0 Å². The first kappa shape index (κ1) is 27.9. The third-order valence-corrected chi connectivity index (χ3v) is 10.4. The van der Waals surface area contributed by atoms with E-state index in [-0.39, 0.29) is 17.7 Å². The maximum atomic E-state index is 11.3. The van der Waals surface area contributed by atoms with Gasteiger partial charge in [-0.2, -0.15) is 0 Å². The number of hydrogen-bond acceptors (Lipinski definition) is 6. The number of esters is 1. The van der Waals surface area contributed by atoms with Gasteiger partial charge in [0.15, 0.2) is 8.32 Å². The van der Waals surface area contributed by atoms with Gasteiger partial charge in [0.05, 0.1) is 19.8 Å². The van der Waals surface area contributed by atoms with Gasteiger partial charge in [-0.15, -0.1) is 0 Å². The van der Waals surface area contributed by atoms with Crippen LogP contribution in [0, 0.1) is 11.8 Å². The Morgan fingerprint density at radius 3 is 2.45 bits per heavy atom. The Morgan fingerprint density at radius 2 is 1.87 bits per heavy atom. The molecule has 0 aromatic heterocycles. The predicted octanol–water partition coefficient (Wildman–Crippen LogP) is 4.57. The summed E-state index contributed by atoms with van der Waals surface area (Å²) in [7, 11) is -1.73. The molecule has 6 nitrogen and oxygen atoms in total. The van der Waals surface area contributed by atoms with Crippen molar-refractivity contribution in [3.63, 3.8) is 0 Å². The summed E-state index contributed by atoms with van der Waals surface area (Å²) in [4.78, 5) is 11.3. The normalized spacial score (nSPS) is 18.5. The largest absolute Gasteiger partial charge is 0.463 e. The molecule has 0 bridgehead atoms. The molecule has 1 fully saturated rings. The van der Waals surface area contributed by atoms with Gasteiger partial charge in [-0.25, -0.2) is 4.79 Å². The highest BCUT2D eigenvalue weighted by molar-refractivity contribution is 6.74. The van der Waals surface area contributed by atoms with Crippen LogP contribution in [0.4, 0.5) is 0 Å². The molecule has 7 heteroatoms. The topological polar surface area (TPSA) is 74.2 Å². The van der Waals surface area contributed by atoms with Crippen LogP contribution in [0.1, 0.15) is 66.7 Å². The molecular formula is C24H42O6Si. The van der Waals surface area contributed by atoms with Crippen LogP contribution in [-0.2, 0) is 23.4 Å². The van der Waals surface area contributed by atoms with E-state index in [4.69, 9.17) is 18.6 Å². The summed E-state index contributed by atoms with van der Waals surface area (Å²) in [5.74, 6) is 4.17. The van der Waals surface area contributed by atoms with Crippen LogP contribution >= 0.6 is 0 Å². The Kier molecular flexibility index (Phi) is 11.5. The fraction of sp³-hybridized carbons (Fsp3) is 0.792. The molecule has 0 aliphatic carbocycles. The van der Waals surface area contributed by atoms with Gasteiger partial charge in [-0.3, -0.25) is 0 Å². The lowest BCUT2D eigenvalue weighted by Gasteiger charge is -2.38. The van der Waals surface area contributed by atoms with Gasteiger partial charge in [0.2, 0.25) is 5.79 Å². The van der Waals surface area contributed by atoms with Crippen molar-refractivity contribution in [2.45, 2.75) is 103 Å². The van der Waals surface area contributed by atoms with Gasteiger partial charge in [-0.05, 0) is 56.8 Å². The highest BCUT2D eigenvalue weighted by Crippen LogP contribution is 2.37. The quantitative estimate of drug-likeness (QED) is 0.162. The van der Waals surface area contributed by atoms with Crippen molar-refractivity contribution >= 4 is 14.3 Å². The highest BCUT2D eigenvalue weighted by Gasteiger charge is 2.38. The number of ether oxygens (including phenoxy) is 3. The molecule has 1 rings (SSSR count). The van der Waals surface area contributed by atoms with Crippen molar-refractivity contribution in [2.75, 3.05) is 19.8 Å². The van der Waals surface area contributed by atoms with Crippen LogP contribution in [-0.4, -0.2) is 57.2 Å². The molecule has 1 saturated heterocycles. The van der Waals surface area contributed by atoms with E-state index in [1.807, 2.05) is 0 Å². The molecule has 0 amide bonds. The van der Waals surface area contributed by atoms with Crippen molar-refractivity contribution in [2.24, 2.45) is 0 Å². The molecule has 2 atom stereocenters. The maximum Gasteiger partial charge on any atom is 0.330 e. The minimum absolute atomic E-state index is 0.222. The lowest BCUT2D eigenvalue weighted by Crippen LogP contribution is -2.43. The van der Waals surface area contributed by atoms with Crippen LogP contribution in [0.3, 0.4) is 0 Å². The first-order valence-electron chi connectivity index (χ1n) is 11.4. The van der Waals surface area contributed by atoms with Gasteiger partial charge >= 0.3 is 5.97 Å². The maximum absolute atomic E-state index is 11.3. The third kappa shape index (κ3) is 10.3. The fourth-order valence-electron chi connectivity index (χ4n) is 3.03. The van der Waals surface area contributed by atoms with E-state index in [1.165, 1.54) is 12.2 Å². The average Bonchev–Trinajstić information content (AvgIpc) is 3.12. The SMILES string of the molecule is CCOC(=O)/C=C/C(O)C#CC1(CCCCC[C@H](C)O[Si](C)(C)C(C)(C)C)OCCO1. The van der Waals surface area contributed by atoms with Crippen LogP contribution in [0.15, 0.2) is 12.2 Å². The highest BCUT2D eigenvalue weighted by atomic mass is 28.4. The first-order chi connectivity index (χ1) is 14.4. The monoisotopic (exact) mass is 454 g/mol. The molecule has 0 radical (unpaired) electrons. The minimum atomic E-state index is -1.73. The van der Waals surface area contributed by atoms with Crippen molar-refractivity contribution in [3.05, 3.63) is 12.2 Å². The fourth-order valence-corrected chi connectivity index (χ4v) is 4.51. The van der Waals surface area contributed by atoms with Crippen LogP contribution < -0.4 is 0 Å². The summed E-state index contributed by atoms with van der Waals surface area (Å²) >= 11 is 0. The van der Waals surface area contributed by atoms with Gasteiger partial charge < -0.3 is 23.7 Å². The van der Waals surface area contributed by atoms with E-state index in [9.17, 15) is 9.90 Å². The van der Waals surface area contributed by atoms with E-state index >= 15 is 0 Å². The van der Waals surface area contributed by atoms with E-state index in [2.05, 4.69) is 52.6 Å². The molecule has 0 aromatic rings. The van der Waals surface area contributed by atoms with Crippen LogP contribution in [0.2, 0.25) is 18.1 Å². The Labute approximate surface area is 189 Å². The van der Waals surface area contributed by atoms with E-state index in [0.717, 1.165) is 25.7 Å². The van der Waals surface area contributed by atoms with Crippen LogP contribution in [0.25, 0.3) is 0 Å². The summed E-state index contributed by atoms with van der Waals surface area (Å²) in [5.41, 5.74) is 0.